The number of phenols is 1. The first-order valence-electron chi connectivity index (χ1n) is 10.2. The van der Waals surface area contributed by atoms with Crippen LogP contribution >= 0.6 is 11.6 Å². The molecule has 0 saturated carbocycles. The third kappa shape index (κ3) is 6.37. The zero-order chi connectivity index (χ0) is 22.1. The van der Waals surface area contributed by atoms with Crippen molar-refractivity contribution in [2.75, 3.05) is 19.0 Å². The number of alkyl halides is 1. The molecule has 0 heterocycles. The molecule has 0 aliphatic heterocycles. The zero-order valence-electron chi connectivity index (χ0n) is 17.5. The molecular weight excluding hydrogens is 410 g/mol. The van der Waals surface area contributed by atoms with Gasteiger partial charge in [0.05, 0.1) is 6.54 Å². The van der Waals surface area contributed by atoms with Gasteiger partial charge < -0.3 is 15.2 Å². The summed E-state index contributed by atoms with van der Waals surface area (Å²) < 4.78 is 5.72. The van der Waals surface area contributed by atoms with Crippen LogP contribution in [0.15, 0.2) is 78.9 Å². The molecule has 3 aromatic carbocycles. The van der Waals surface area contributed by atoms with Crippen molar-refractivity contribution in [2.45, 2.75) is 13.3 Å². The van der Waals surface area contributed by atoms with Gasteiger partial charge in [-0.25, -0.2) is 0 Å². The first-order chi connectivity index (χ1) is 15.1. The van der Waals surface area contributed by atoms with Crippen molar-refractivity contribution in [3.05, 3.63) is 95.6 Å². The van der Waals surface area contributed by atoms with Crippen LogP contribution in [0.25, 0.3) is 11.1 Å². The molecule has 0 saturated heterocycles. The summed E-state index contributed by atoms with van der Waals surface area (Å²) in [5, 5.41) is 12.5. The Morgan fingerprint density at radius 3 is 2.10 bits per heavy atom. The Morgan fingerprint density at radius 1 is 0.903 bits per heavy atom. The highest BCUT2D eigenvalue weighted by atomic mass is 35.5. The molecule has 0 bridgehead atoms. The van der Waals surface area contributed by atoms with Gasteiger partial charge in [0.1, 0.15) is 18.1 Å². The third-order valence-electron chi connectivity index (χ3n) is 4.81. The first-order valence-corrected chi connectivity index (χ1v) is 10.7. The fraction of sp³-hybridized carbons (Fsp3) is 0.192. The van der Waals surface area contributed by atoms with Gasteiger partial charge in [-0.2, -0.15) is 0 Å². The molecule has 0 aliphatic carbocycles. The van der Waals surface area contributed by atoms with Crippen LogP contribution in [-0.4, -0.2) is 30.0 Å². The van der Waals surface area contributed by atoms with Crippen LogP contribution in [0.5, 0.6) is 11.5 Å². The number of rotatable bonds is 9. The fourth-order valence-corrected chi connectivity index (χ4v) is 3.59. The second kappa shape index (κ2) is 11.2. The topological polar surface area (TPSA) is 58.6 Å². The number of benzene rings is 3. The number of hydrogen-bond donors (Lipinski definition) is 2. The average Bonchev–Trinajstić information content (AvgIpc) is 2.79. The number of ether oxygens (including phenoxy) is 1. The number of amides is 1. The Morgan fingerprint density at radius 2 is 1.52 bits per heavy atom. The van der Waals surface area contributed by atoms with Gasteiger partial charge >= 0.3 is 0 Å². The number of aromatic hydroxyl groups is 1. The Kier molecular flexibility index (Phi) is 8.13. The number of carbonyl (C=O) groups is 1. The predicted octanol–water partition coefficient (Wildman–Crippen LogP) is 5.50. The second-order valence-corrected chi connectivity index (χ2v) is 7.44. The van der Waals surface area contributed by atoms with Crippen LogP contribution < -0.4 is 10.1 Å². The maximum atomic E-state index is 11.0. The molecule has 31 heavy (non-hydrogen) atoms. The van der Waals surface area contributed by atoms with Crippen LogP contribution in [-0.2, 0) is 4.79 Å². The minimum atomic E-state index is -0.0737. The normalized spacial score (nSPS) is 11.5. The fourth-order valence-electron chi connectivity index (χ4n) is 3.40. The molecule has 160 valence electrons. The Balaban J connectivity index is 1.98. The maximum Gasteiger partial charge on any atom is 0.216 e. The lowest BCUT2D eigenvalue weighted by molar-refractivity contribution is -0.119. The van der Waals surface area contributed by atoms with E-state index in [-0.39, 0.29) is 11.7 Å². The molecule has 1 amide bonds. The number of hydrogen-bond acceptors (Lipinski definition) is 3. The molecule has 0 aromatic heterocycles. The summed E-state index contributed by atoms with van der Waals surface area (Å²) in [4.78, 5) is 11.0. The minimum Gasteiger partial charge on any atom is -0.508 e. The highest BCUT2D eigenvalue weighted by Crippen LogP contribution is 2.35. The van der Waals surface area contributed by atoms with E-state index >= 15 is 0 Å². The van der Waals surface area contributed by atoms with Crippen molar-refractivity contribution in [3.8, 4) is 11.5 Å². The molecule has 3 aromatic rings. The highest BCUT2D eigenvalue weighted by Gasteiger charge is 2.14. The summed E-state index contributed by atoms with van der Waals surface area (Å²) in [6.07, 6.45) is 0.705. The number of halogens is 1. The van der Waals surface area contributed by atoms with Gasteiger partial charge in [-0.1, -0.05) is 54.6 Å². The van der Waals surface area contributed by atoms with E-state index in [1.165, 1.54) is 6.92 Å². The molecule has 0 fully saturated rings. The van der Waals surface area contributed by atoms with Gasteiger partial charge in [-0.15, -0.1) is 11.6 Å². The van der Waals surface area contributed by atoms with Gasteiger partial charge in [0, 0.05) is 12.8 Å². The predicted molar refractivity (Wildman–Crippen MR) is 126 cm³/mol. The summed E-state index contributed by atoms with van der Waals surface area (Å²) in [7, 11) is 0. The first kappa shape index (κ1) is 22.4. The third-order valence-corrected chi connectivity index (χ3v) is 5.00. The summed E-state index contributed by atoms with van der Waals surface area (Å²) in [6.45, 7) is 2.35. The van der Waals surface area contributed by atoms with Crippen molar-refractivity contribution in [1.29, 1.82) is 0 Å². The van der Waals surface area contributed by atoms with Crippen LogP contribution in [0.2, 0.25) is 0 Å². The Bertz CT molecular complexity index is 1010. The van der Waals surface area contributed by atoms with Gasteiger partial charge in [0.25, 0.3) is 0 Å². The van der Waals surface area contributed by atoms with E-state index < -0.39 is 0 Å². The second-order valence-electron chi connectivity index (χ2n) is 7.06. The Labute approximate surface area is 188 Å². The molecule has 5 heteroatoms. The summed E-state index contributed by atoms with van der Waals surface area (Å²) in [5.74, 6) is 1.38. The minimum absolute atomic E-state index is 0.0737. The molecule has 0 spiro atoms. The molecular formula is C26H26ClNO3. The molecule has 3 rings (SSSR count). The van der Waals surface area contributed by atoms with Crippen molar-refractivity contribution in [1.82, 2.24) is 5.32 Å². The van der Waals surface area contributed by atoms with E-state index in [0.717, 1.165) is 33.6 Å². The van der Waals surface area contributed by atoms with Crippen molar-refractivity contribution in [2.24, 2.45) is 0 Å². The highest BCUT2D eigenvalue weighted by molar-refractivity contribution is 6.18. The summed E-state index contributed by atoms with van der Waals surface area (Å²) >= 11 is 6.18. The van der Waals surface area contributed by atoms with E-state index in [1.54, 1.807) is 12.1 Å². The monoisotopic (exact) mass is 435 g/mol. The lowest BCUT2D eigenvalue weighted by Gasteiger charge is -2.17. The average molecular weight is 436 g/mol. The SMILES string of the molecule is CC(=O)NCCOc1ccc(C(=C(CCCl)c2ccccc2)c2ccc(O)cc2)cc1. The van der Waals surface area contributed by atoms with Crippen molar-refractivity contribution in [3.63, 3.8) is 0 Å². The quantitative estimate of drug-likeness (QED) is 0.265. The molecule has 0 aliphatic rings. The lowest BCUT2D eigenvalue weighted by atomic mass is 9.88. The van der Waals surface area contributed by atoms with E-state index in [1.807, 2.05) is 54.6 Å². The van der Waals surface area contributed by atoms with Crippen LogP contribution in [0.1, 0.15) is 30.0 Å². The molecule has 4 nitrogen and oxygen atoms in total. The van der Waals surface area contributed by atoms with Gasteiger partial charge in [0.15, 0.2) is 0 Å². The largest absolute Gasteiger partial charge is 0.508 e. The van der Waals surface area contributed by atoms with Crippen molar-refractivity contribution < 1.29 is 14.6 Å². The van der Waals surface area contributed by atoms with E-state index in [2.05, 4.69) is 17.4 Å². The number of phenolic OH excluding ortho intramolecular Hbond substituents is 1. The summed E-state index contributed by atoms with van der Waals surface area (Å²) in [6, 6.07) is 25.3. The molecule has 0 atom stereocenters. The van der Waals surface area contributed by atoms with Gasteiger partial charge in [0.2, 0.25) is 5.91 Å². The van der Waals surface area contributed by atoms with E-state index in [0.29, 0.717) is 25.5 Å². The summed E-state index contributed by atoms with van der Waals surface area (Å²) in [5.41, 5.74) is 5.35. The standard InChI is InChI=1S/C26H26ClNO3/c1-19(29)28-17-18-31-24-13-9-22(10-14-24)26(21-7-11-23(30)12-8-21)25(15-16-27)20-5-3-2-4-6-20/h2-14,30H,15-18H2,1H3,(H,28,29). The maximum absolute atomic E-state index is 11.0. The number of carbonyl (C=O) groups excluding carboxylic acids is 1. The number of nitrogens with one attached hydrogen (secondary N) is 1. The van der Waals surface area contributed by atoms with Crippen molar-refractivity contribution >= 4 is 28.7 Å². The van der Waals surface area contributed by atoms with E-state index in [4.69, 9.17) is 16.3 Å². The molecule has 2 N–H and O–H groups in total. The zero-order valence-corrected chi connectivity index (χ0v) is 18.2. The molecule has 0 radical (unpaired) electrons. The number of allylic oxidation sites excluding steroid dienone is 1. The lowest BCUT2D eigenvalue weighted by Crippen LogP contribution is -2.25. The van der Waals surface area contributed by atoms with Crippen LogP contribution in [0.3, 0.4) is 0 Å². The van der Waals surface area contributed by atoms with Gasteiger partial charge in [-0.3, -0.25) is 4.79 Å². The molecule has 0 unspecified atom stereocenters. The van der Waals surface area contributed by atoms with E-state index in [9.17, 15) is 9.90 Å². The Hall–Kier alpha value is -3.24. The van der Waals surface area contributed by atoms with Gasteiger partial charge in [-0.05, 0) is 58.5 Å². The smallest absolute Gasteiger partial charge is 0.216 e. The van der Waals surface area contributed by atoms with Crippen LogP contribution in [0.4, 0.5) is 0 Å². The van der Waals surface area contributed by atoms with Crippen LogP contribution in [0, 0.1) is 0 Å².